The van der Waals surface area contributed by atoms with Crippen molar-refractivity contribution < 1.29 is 27.9 Å². The Labute approximate surface area is 261 Å². The third-order valence-electron chi connectivity index (χ3n) is 5.41. The lowest BCUT2D eigenvalue weighted by Gasteiger charge is -2.00. The van der Waals surface area contributed by atoms with Gasteiger partial charge in [-0.1, -0.05) is 70.2 Å². The Kier molecular flexibility index (Phi) is 16.9. The van der Waals surface area contributed by atoms with Crippen molar-refractivity contribution in [2.45, 2.75) is 34.6 Å². The van der Waals surface area contributed by atoms with Crippen LogP contribution in [0.4, 0.5) is 10.1 Å². The number of aromatic nitrogens is 2. The van der Waals surface area contributed by atoms with Crippen molar-refractivity contribution in [3.05, 3.63) is 96.3 Å². The van der Waals surface area contributed by atoms with Crippen LogP contribution in [0.15, 0.2) is 93.9 Å². The van der Waals surface area contributed by atoms with Gasteiger partial charge in [0.25, 0.3) is 0 Å². The summed E-state index contributed by atoms with van der Waals surface area (Å²) < 4.78 is 20.7. The minimum Gasteiger partial charge on any atom is -0.478 e. The number of benzene rings is 2. The van der Waals surface area contributed by atoms with Crippen molar-refractivity contribution in [3.63, 3.8) is 0 Å². The molecule has 0 atom stereocenters. The third-order valence-corrected chi connectivity index (χ3v) is 6.41. The molecule has 0 aliphatic heterocycles. The van der Waals surface area contributed by atoms with Crippen LogP contribution in [-0.4, -0.2) is 41.8 Å². The lowest BCUT2D eigenvalue weighted by Crippen LogP contribution is -2.00. The summed E-state index contributed by atoms with van der Waals surface area (Å²) in [6.07, 6.45) is 5.98. The zero-order chi connectivity index (χ0) is 33.1. The van der Waals surface area contributed by atoms with Gasteiger partial charge in [-0.05, 0) is 25.1 Å². The molecule has 0 bridgehead atoms. The zero-order valence-electron chi connectivity index (χ0n) is 26.1. The number of halogens is 1. The number of nitrogens with one attached hydrogen (secondary N) is 2. The molecule has 2 aromatic carbocycles. The maximum Gasteiger partial charge on any atom is 0.339 e. The number of rotatable bonds is 5. The number of aldehydes is 1. The Morgan fingerprint density at radius 2 is 1.70 bits per heavy atom. The smallest absolute Gasteiger partial charge is 0.339 e. The van der Waals surface area contributed by atoms with Crippen LogP contribution in [-0.2, 0) is 0 Å². The van der Waals surface area contributed by atoms with Crippen LogP contribution >= 0.6 is 11.3 Å². The summed E-state index contributed by atoms with van der Waals surface area (Å²) >= 11 is 1.35. The van der Waals surface area contributed by atoms with E-state index in [1.807, 2.05) is 83.1 Å². The number of nitrogens with zero attached hydrogens (tertiary/aromatic N) is 1. The molecule has 0 fully saturated rings. The number of anilines is 1. The summed E-state index contributed by atoms with van der Waals surface area (Å²) in [5.41, 5.74) is 4.11. The van der Waals surface area contributed by atoms with Gasteiger partial charge in [0.15, 0.2) is 12.0 Å². The molecular formula is C34H40FN3O5S. The van der Waals surface area contributed by atoms with E-state index < -0.39 is 5.97 Å². The lowest BCUT2D eigenvalue weighted by atomic mass is 10.1. The van der Waals surface area contributed by atoms with Gasteiger partial charge in [-0.2, -0.15) is 5.10 Å². The molecule has 4 heterocycles. The topological polar surface area (TPSA) is 121 Å². The number of furan rings is 2. The molecule has 0 amide bonds. The van der Waals surface area contributed by atoms with Crippen LogP contribution in [0.5, 0.6) is 0 Å². The first kappa shape index (κ1) is 37.1. The second kappa shape index (κ2) is 20.0. The third kappa shape index (κ3) is 9.27. The highest BCUT2D eigenvalue weighted by molar-refractivity contribution is 7.14. The van der Waals surface area contributed by atoms with E-state index in [1.165, 1.54) is 11.3 Å². The van der Waals surface area contributed by atoms with E-state index in [1.54, 1.807) is 37.0 Å². The number of hydrogen-bond donors (Lipinski definition) is 3. The predicted molar refractivity (Wildman–Crippen MR) is 181 cm³/mol. The summed E-state index contributed by atoms with van der Waals surface area (Å²) in [7, 11) is 2.20. The van der Waals surface area contributed by atoms with Gasteiger partial charge in [-0.3, -0.25) is 14.3 Å². The lowest BCUT2D eigenvalue weighted by molar-refractivity contribution is 0.0699. The fourth-order valence-corrected chi connectivity index (χ4v) is 4.80. The highest BCUT2D eigenvalue weighted by atomic mass is 32.1. The molecule has 0 aliphatic rings. The van der Waals surface area contributed by atoms with E-state index >= 15 is 0 Å². The Bertz CT molecular complexity index is 1670. The summed E-state index contributed by atoms with van der Waals surface area (Å²) in [5.74, 6) is -0.0536. The van der Waals surface area contributed by atoms with Crippen LogP contribution in [0.3, 0.4) is 0 Å². The van der Waals surface area contributed by atoms with Crippen LogP contribution in [0.1, 0.15) is 55.5 Å². The molecule has 44 heavy (non-hydrogen) atoms. The molecule has 8 nitrogen and oxygen atoms in total. The molecule has 3 N–H and O–H groups in total. The first-order valence-corrected chi connectivity index (χ1v) is 14.8. The number of aromatic carboxylic acids is 1. The molecule has 4 aromatic heterocycles. The SMILES string of the molecule is C=CC.CC.CC.CF.CNc1csc(-c2cc3cccc(-c4cn[nH]c4)c3o2)c1C(=O)O.O=Cc1cc2ccccc2o1. The van der Waals surface area contributed by atoms with Gasteiger partial charge < -0.3 is 19.3 Å². The second-order valence-electron chi connectivity index (χ2n) is 7.94. The minimum absolute atomic E-state index is 0.228. The number of carboxylic acids is 1. The number of aromatic amines is 1. The molecule has 0 saturated carbocycles. The average molecular weight is 622 g/mol. The summed E-state index contributed by atoms with van der Waals surface area (Å²) in [6, 6.07) is 17.0. The van der Waals surface area contributed by atoms with Gasteiger partial charge in [0, 0.05) is 40.5 Å². The fraction of sp³-hybridized carbons (Fsp3) is 0.206. The monoisotopic (exact) mass is 621 g/mol. The first-order valence-electron chi connectivity index (χ1n) is 13.9. The van der Waals surface area contributed by atoms with E-state index in [9.17, 15) is 19.1 Å². The van der Waals surface area contributed by atoms with Crippen molar-refractivity contribution in [3.8, 4) is 21.8 Å². The number of carbonyl (C=O) groups excluding carboxylic acids is 1. The summed E-state index contributed by atoms with van der Waals surface area (Å²) in [6.45, 7) is 13.2. The number of fused-ring (bicyclic) bond motifs is 2. The van der Waals surface area contributed by atoms with Crippen molar-refractivity contribution in [2.24, 2.45) is 0 Å². The van der Waals surface area contributed by atoms with Gasteiger partial charge in [0.1, 0.15) is 22.5 Å². The Morgan fingerprint density at radius 1 is 1.05 bits per heavy atom. The predicted octanol–water partition coefficient (Wildman–Crippen LogP) is 10.4. The standard InChI is InChI=1S/C17H13N3O3S.C9H6O2.C3H6.2C2H6.CH3F/c1-18-12-8-24-16(14(12)17(21)22)13-5-9-3-2-4-11(15(9)23-13)10-6-19-20-7-10;10-6-8-5-7-3-1-2-4-9(7)11-8;1-3-2;3*1-2/h2-8,18H,1H3,(H,19,20)(H,21,22);1-6H;3H,1H2,2H3;2*1-2H3;1H3. The van der Waals surface area contributed by atoms with Gasteiger partial charge in [-0.15, -0.1) is 17.9 Å². The quantitative estimate of drug-likeness (QED) is 0.129. The molecule has 234 valence electrons. The second-order valence-corrected chi connectivity index (χ2v) is 8.82. The number of alkyl halides is 1. The molecule has 0 spiro atoms. The van der Waals surface area contributed by atoms with E-state index in [-0.39, 0.29) is 5.56 Å². The van der Waals surface area contributed by atoms with Gasteiger partial charge in [0.2, 0.25) is 0 Å². The van der Waals surface area contributed by atoms with E-state index in [0.717, 1.165) is 27.5 Å². The zero-order valence-corrected chi connectivity index (χ0v) is 26.9. The number of carboxylic acid groups (broad SMARTS) is 1. The maximum atomic E-state index is 11.6. The van der Waals surface area contributed by atoms with Crippen LogP contribution in [0.25, 0.3) is 43.7 Å². The number of thiophene rings is 1. The molecule has 6 aromatic rings. The molecule has 0 saturated heterocycles. The van der Waals surface area contributed by atoms with Gasteiger partial charge in [0.05, 0.1) is 23.9 Å². The Hall–Kier alpha value is -4.96. The molecule has 6 rings (SSSR count). The van der Waals surface area contributed by atoms with E-state index in [2.05, 4.69) is 22.1 Å². The van der Waals surface area contributed by atoms with Crippen molar-refractivity contribution in [1.29, 1.82) is 0 Å². The minimum atomic E-state index is -0.980. The van der Waals surface area contributed by atoms with Gasteiger partial charge in [-0.25, -0.2) is 4.79 Å². The Balaban J connectivity index is 0.000000403. The number of allylic oxidation sites excluding steroid dienone is 1. The van der Waals surface area contributed by atoms with Crippen molar-refractivity contribution in [1.82, 2.24) is 10.2 Å². The summed E-state index contributed by atoms with van der Waals surface area (Å²) in [4.78, 5) is 22.5. The largest absolute Gasteiger partial charge is 0.478 e. The van der Waals surface area contributed by atoms with Crippen LogP contribution in [0, 0.1) is 0 Å². The highest BCUT2D eigenvalue weighted by Gasteiger charge is 2.22. The number of carbonyl (C=O) groups is 2. The van der Waals surface area contributed by atoms with Crippen molar-refractivity contribution in [2.75, 3.05) is 19.5 Å². The molecule has 10 heteroatoms. The molecular weight excluding hydrogens is 581 g/mol. The Morgan fingerprint density at radius 3 is 2.27 bits per heavy atom. The fourth-order valence-electron chi connectivity index (χ4n) is 3.80. The molecule has 0 radical (unpaired) electrons. The number of hydrogen-bond acceptors (Lipinski definition) is 7. The maximum absolute atomic E-state index is 11.6. The van der Waals surface area contributed by atoms with Crippen molar-refractivity contribution >= 4 is 51.2 Å². The van der Waals surface area contributed by atoms with Gasteiger partial charge >= 0.3 is 5.97 Å². The molecule has 0 unspecified atom stereocenters. The number of para-hydroxylation sites is 2. The molecule has 0 aliphatic carbocycles. The normalized spacial score (nSPS) is 9.27. The van der Waals surface area contributed by atoms with Crippen LogP contribution < -0.4 is 5.32 Å². The van der Waals surface area contributed by atoms with E-state index in [0.29, 0.717) is 41.1 Å². The average Bonchev–Trinajstić information content (AvgIpc) is 3.89. The summed E-state index contributed by atoms with van der Waals surface area (Å²) in [5, 5.41) is 22.9. The van der Waals surface area contributed by atoms with Crippen LogP contribution in [0.2, 0.25) is 0 Å². The number of H-pyrrole nitrogens is 1. The first-order chi connectivity index (χ1) is 21.5. The van der Waals surface area contributed by atoms with E-state index in [4.69, 9.17) is 8.83 Å². The highest BCUT2D eigenvalue weighted by Crippen LogP contribution is 2.40.